The summed E-state index contributed by atoms with van der Waals surface area (Å²) in [4.78, 5) is 22.8. The van der Waals surface area contributed by atoms with E-state index in [4.69, 9.17) is 0 Å². The molecule has 0 aliphatic rings. The molecule has 0 saturated carbocycles. The van der Waals surface area contributed by atoms with Gasteiger partial charge in [0, 0.05) is 14.1 Å². The van der Waals surface area contributed by atoms with E-state index < -0.39 is 24.7 Å². The second-order valence-electron chi connectivity index (χ2n) is 2.94. The van der Waals surface area contributed by atoms with Crippen molar-refractivity contribution in [1.29, 1.82) is 0 Å². The molecule has 0 spiro atoms. The van der Waals surface area contributed by atoms with Gasteiger partial charge in [-0.3, -0.25) is 4.79 Å². The zero-order chi connectivity index (χ0) is 12.1. The Morgan fingerprint density at radius 3 is 2.13 bits per heavy atom. The number of urea groups is 1. The lowest BCUT2D eigenvalue weighted by Crippen LogP contribution is -2.44. The third-order valence-electron chi connectivity index (χ3n) is 1.35. The van der Waals surface area contributed by atoms with Crippen molar-refractivity contribution in [3.05, 3.63) is 0 Å². The van der Waals surface area contributed by atoms with E-state index in [1.165, 1.54) is 19.0 Å². The number of carbonyl (C=O) groups is 2. The first-order chi connectivity index (χ1) is 6.72. The Morgan fingerprint density at radius 1 is 1.20 bits per heavy atom. The summed E-state index contributed by atoms with van der Waals surface area (Å²) in [6.07, 6.45) is -4.46. The summed E-state index contributed by atoms with van der Waals surface area (Å²) in [5.41, 5.74) is 0. The maximum absolute atomic E-state index is 11.6. The van der Waals surface area contributed by atoms with Crippen molar-refractivity contribution in [2.45, 2.75) is 6.18 Å². The molecule has 15 heavy (non-hydrogen) atoms. The first-order valence-corrected chi connectivity index (χ1v) is 4.01. The minimum Gasteiger partial charge on any atom is -0.347 e. The zero-order valence-corrected chi connectivity index (χ0v) is 8.31. The van der Waals surface area contributed by atoms with Gasteiger partial charge in [0.15, 0.2) is 0 Å². The van der Waals surface area contributed by atoms with Gasteiger partial charge in [0.05, 0.1) is 6.54 Å². The van der Waals surface area contributed by atoms with Crippen LogP contribution in [0, 0.1) is 0 Å². The van der Waals surface area contributed by atoms with Crippen LogP contribution in [-0.2, 0) is 4.79 Å². The average Bonchev–Trinajstić information content (AvgIpc) is 2.09. The number of nitrogens with one attached hydrogen (secondary N) is 2. The van der Waals surface area contributed by atoms with Gasteiger partial charge < -0.3 is 15.5 Å². The first kappa shape index (κ1) is 13.5. The SMILES string of the molecule is CN(C)C(=O)CNC(=O)NCC(F)(F)F. The van der Waals surface area contributed by atoms with E-state index in [0.29, 0.717) is 0 Å². The summed E-state index contributed by atoms with van der Waals surface area (Å²) in [6, 6.07) is -1.03. The molecule has 0 radical (unpaired) electrons. The van der Waals surface area contributed by atoms with Gasteiger partial charge in [0.2, 0.25) is 5.91 Å². The lowest BCUT2D eigenvalue weighted by atomic mass is 10.5. The summed E-state index contributed by atoms with van der Waals surface area (Å²) >= 11 is 0. The van der Waals surface area contributed by atoms with Crippen LogP contribution >= 0.6 is 0 Å². The molecule has 5 nitrogen and oxygen atoms in total. The molecule has 0 rings (SSSR count). The molecule has 0 atom stereocenters. The van der Waals surface area contributed by atoms with Gasteiger partial charge in [-0.2, -0.15) is 13.2 Å². The molecule has 3 amide bonds. The van der Waals surface area contributed by atoms with Crippen LogP contribution in [0.2, 0.25) is 0 Å². The molecule has 0 unspecified atom stereocenters. The fourth-order valence-corrected chi connectivity index (χ4v) is 0.557. The Kier molecular flexibility index (Phi) is 4.89. The Labute approximate surface area is 84.6 Å². The van der Waals surface area contributed by atoms with Crippen LogP contribution < -0.4 is 10.6 Å². The van der Waals surface area contributed by atoms with E-state index in [9.17, 15) is 22.8 Å². The van der Waals surface area contributed by atoms with Crippen molar-refractivity contribution in [3.8, 4) is 0 Å². The minimum absolute atomic E-state index is 0.337. The Morgan fingerprint density at radius 2 is 1.73 bits per heavy atom. The Hall–Kier alpha value is -1.47. The van der Waals surface area contributed by atoms with Crippen molar-refractivity contribution in [2.24, 2.45) is 0 Å². The first-order valence-electron chi connectivity index (χ1n) is 4.01. The lowest BCUT2D eigenvalue weighted by molar-refractivity contribution is -0.127. The normalized spacial score (nSPS) is 10.7. The molecule has 0 saturated heterocycles. The number of alkyl halides is 3. The van der Waals surface area contributed by atoms with E-state index in [1.807, 2.05) is 5.32 Å². The maximum atomic E-state index is 11.6. The number of rotatable bonds is 3. The molecule has 0 bridgehead atoms. The monoisotopic (exact) mass is 227 g/mol. The van der Waals surface area contributed by atoms with Crippen molar-refractivity contribution in [1.82, 2.24) is 15.5 Å². The number of carbonyl (C=O) groups excluding carboxylic acids is 2. The minimum atomic E-state index is -4.46. The highest BCUT2D eigenvalue weighted by Gasteiger charge is 2.27. The van der Waals surface area contributed by atoms with Crippen LogP contribution in [0.4, 0.5) is 18.0 Å². The fourth-order valence-electron chi connectivity index (χ4n) is 0.557. The van der Waals surface area contributed by atoms with Gasteiger partial charge in [-0.15, -0.1) is 0 Å². The van der Waals surface area contributed by atoms with Crippen LogP contribution in [0.1, 0.15) is 0 Å². The highest BCUT2D eigenvalue weighted by Crippen LogP contribution is 2.11. The van der Waals surface area contributed by atoms with Gasteiger partial charge in [0.1, 0.15) is 6.54 Å². The number of nitrogens with zero attached hydrogens (tertiary/aromatic N) is 1. The van der Waals surface area contributed by atoms with E-state index >= 15 is 0 Å². The fraction of sp³-hybridized carbons (Fsp3) is 0.714. The van der Waals surface area contributed by atoms with Crippen LogP contribution in [0.15, 0.2) is 0 Å². The van der Waals surface area contributed by atoms with E-state index in [1.54, 1.807) is 5.32 Å². The molecule has 0 aliphatic heterocycles. The molecular formula is C7H12F3N3O2. The number of likely N-dealkylation sites (N-methyl/N-ethyl adjacent to an activating group) is 1. The molecule has 0 aromatic heterocycles. The van der Waals surface area contributed by atoms with Gasteiger partial charge in [-0.05, 0) is 0 Å². The molecule has 0 aromatic carbocycles. The van der Waals surface area contributed by atoms with Crippen LogP contribution in [0.25, 0.3) is 0 Å². The van der Waals surface area contributed by atoms with Crippen molar-refractivity contribution >= 4 is 11.9 Å². The molecule has 2 N–H and O–H groups in total. The average molecular weight is 227 g/mol. The van der Waals surface area contributed by atoms with Crippen molar-refractivity contribution in [3.63, 3.8) is 0 Å². The number of hydrogen-bond acceptors (Lipinski definition) is 2. The van der Waals surface area contributed by atoms with Crippen LogP contribution in [0.5, 0.6) is 0 Å². The Balaban J connectivity index is 3.72. The highest BCUT2D eigenvalue weighted by molar-refractivity contribution is 5.83. The quantitative estimate of drug-likeness (QED) is 0.709. The summed E-state index contributed by atoms with van der Waals surface area (Å²) < 4.78 is 34.9. The topological polar surface area (TPSA) is 61.4 Å². The molecule has 0 aliphatic carbocycles. The van der Waals surface area contributed by atoms with E-state index in [-0.39, 0.29) is 6.54 Å². The molecular weight excluding hydrogens is 215 g/mol. The van der Waals surface area contributed by atoms with Gasteiger partial charge >= 0.3 is 12.2 Å². The largest absolute Gasteiger partial charge is 0.405 e. The predicted octanol–water partition coefficient (Wildman–Crippen LogP) is -0.0639. The molecule has 88 valence electrons. The zero-order valence-electron chi connectivity index (χ0n) is 8.31. The summed E-state index contributed by atoms with van der Waals surface area (Å²) in [5, 5.41) is 3.57. The lowest BCUT2D eigenvalue weighted by Gasteiger charge is -2.12. The standard InChI is InChI=1S/C7H12F3N3O2/c1-13(2)5(14)3-11-6(15)12-4-7(8,9)10/h3-4H2,1-2H3,(H2,11,12,15). The van der Waals surface area contributed by atoms with Crippen LogP contribution in [-0.4, -0.2) is 50.2 Å². The molecule has 0 aromatic rings. The second-order valence-corrected chi connectivity index (χ2v) is 2.94. The third kappa shape index (κ3) is 7.59. The maximum Gasteiger partial charge on any atom is 0.405 e. The number of amides is 3. The summed E-state index contributed by atoms with van der Waals surface area (Å²) in [5.74, 6) is -0.405. The van der Waals surface area contributed by atoms with E-state index in [0.717, 1.165) is 0 Å². The molecule has 0 fully saturated rings. The summed E-state index contributed by atoms with van der Waals surface area (Å²) in [6.45, 7) is -1.76. The third-order valence-corrected chi connectivity index (χ3v) is 1.35. The van der Waals surface area contributed by atoms with Crippen molar-refractivity contribution < 1.29 is 22.8 Å². The second kappa shape index (κ2) is 5.42. The highest BCUT2D eigenvalue weighted by atomic mass is 19.4. The number of hydrogen-bond donors (Lipinski definition) is 2. The van der Waals surface area contributed by atoms with Gasteiger partial charge in [0.25, 0.3) is 0 Å². The number of halogens is 3. The van der Waals surface area contributed by atoms with E-state index in [2.05, 4.69) is 0 Å². The van der Waals surface area contributed by atoms with Gasteiger partial charge in [-0.1, -0.05) is 0 Å². The Bertz CT molecular complexity index is 240. The summed E-state index contributed by atoms with van der Waals surface area (Å²) in [7, 11) is 2.94. The van der Waals surface area contributed by atoms with Crippen LogP contribution in [0.3, 0.4) is 0 Å². The molecule has 0 heterocycles. The smallest absolute Gasteiger partial charge is 0.347 e. The molecule has 8 heteroatoms. The predicted molar refractivity (Wildman–Crippen MR) is 46.2 cm³/mol. The van der Waals surface area contributed by atoms with Gasteiger partial charge in [-0.25, -0.2) is 4.79 Å². The van der Waals surface area contributed by atoms with Crippen molar-refractivity contribution in [2.75, 3.05) is 27.2 Å².